The van der Waals surface area contributed by atoms with E-state index in [9.17, 15) is 0 Å². The zero-order chi connectivity index (χ0) is 15.1. The molecule has 2 bridgehead atoms. The first-order valence-electron chi connectivity index (χ1n) is 8.32. The first-order valence-corrected chi connectivity index (χ1v) is 8.32. The molecule has 3 atom stereocenters. The van der Waals surface area contributed by atoms with Crippen molar-refractivity contribution in [3.05, 3.63) is 29.8 Å². The van der Waals surface area contributed by atoms with Crippen molar-refractivity contribution >= 4 is 0 Å². The van der Waals surface area contributed by atoms with Crippen molar-refractivity contribution in [1.82, 2.24) is 5.32 Å². The lowest BCUT2D eigenvalue weighted by Crippen LogP contribution is -2.50. The molecule has 1 N–H and O–H groups in total. The fourth-order valence-electron chi connectivity index (χ4n) is 4.96. The average molecular weight is 287 g/mol. The van der Waals surface area contributed by atoms with Crippen LogP contribution in [0, 0.1) is 16.7 Å². The fraction of sp³-hybridized carbons (Fsp3) is 0.684. The molecule has 2 nitrogen and oxygen atoms in total. The van der Waals surface area contributed by atoms with Crippen LogP contribution >= 0.6 is 0 Å². The number of rotatable bonds is 5. The minimum atomic E-state index is 0.451. The van der Waals surface area contributed by atoms with Crippen molar-refractivity contribution in [2.75, 3.05) is 13.7 Å². The van der Waals surface area contributed by atoms with E-state index in [1.807, 2.05) is 0 Å². The average Bonchev–Trinajstić information content (AvgIpc) is 2.94. The summed E-state index contributed by atoms with van der Waals surface area (Å²) in [6, 6.07) is 9.13. The SMILES string of the molecule is COc1ccc(CCNC2C(C)(C)[C@H]3CC[C@]2(C)C3)cc1. The van der Waals surface area contributed by atoms with Crippen LogP contribution in [0.5, 0.6) is 5.75 Å². The Bertz CT molecular complexity index is 488. The number of fused-ring (bicyclic) bond motifs is 2. The first kappa shape index (κ1) is 14.9. The van der Waals surface area contributed by atoms with Gasteiger partial charge in [-0.2, -0.15) is 0 Å². The molecule has 21 heavy (non-hydrogen) atoms. The van der Waals surface area contributed by atoms with Gasteiger partial charge in [0.2, 0.25) is 0 Å². The molecule has 1 aromatic rings. The van der Waals surface area contributed by atoms with Crippen LogP contribution in [-0.2, 0) is 6.42 Å². The Balaban J connectivity index is 1.57. The molecule has 2 fully saturated rings. The van der Waals surface area contributed by atoms with E-state index in [0.29, 0.717) is 16.9 Å². The standard InChI is InChI=1S/C19H29NO/c1-18(2)15-9-11-19(3,13-15)17(18)20-12-10-14-5-7-16(21-4)8-6-14/h5-8,15,17,20H,9-13H2,1-4H3/t15-,17?,19+/m0/s1. The molecule has 0 aliphatic heterocycles. The minimum Gasteiger partial charge on any atom is -0.497 e. The Morgan fingerprint density at radius 2 is 1.90 bits per heavy atom. The van der Waals surface area contributed by atoms with Gasteiger partial charge in [0, 0.05) is 6.04 Å². The molecule has 2 heteroatoms. The summed E-state index contributed by atoms with van der Waals surface area (Å²) < 4.78 is 5.21. The summed E-state index contributed by atoms with van der Waals surface area (Å²) in [5, 5.41) is 3.89. The van der Waals surface area contributed by atoms with Gasteiger partial charge in [-0.25, -0.2) is 0 Å². The Hall–Kier alpha value is -1.02. The lowest BCUT2D eigenvalue weighted by molar-refractivity contribution is 0.110. The molecule has 2 saturated carbocycles. The van der Waals surface area contributed by atoms with Gasteiger partial charge in [-0.15, -0.1) is 0 Å². The van der Waals surface area contributed by atoms with E-state index in [1.165, 1.54) is 24.8 Å². The van der Waals surface area contributed by atoms with Gasteiger partial charge >= 0.3 is 0 Å². The maximum absolute atomic E-state index is 5.21. The highest BCUT2D eigenvalue weighted by Crippen LogP contribution is 2.62. The second kappa shape index (κ2) is 5.31. The smallest absolute Gasteiger partial charge is 0.118 e. The summed E-state index contributed by atoms with van der Waals surface area (Å²) in [6.07, 6.45) is 5.35. The highest BCUT2D eigenvalue weighted by atomic mass is 16.5. The molecule has 116 valence electrons. The molecule has 2 aliphatic carbocycles. The number of hydrogen-bond donors (Lipinski definition) is 1. The van der Waals surface area contributed by atoms with Gasteiger partial charge in [-0.05, 0) is 66.7 Å². The topological polar surface area (TPSA) is 21.3 Å². The molecule has 0 saturated heterocycles. The molecule has 0 amide bonds. The maximum Gasteiger partial charge on any atom is 0.118 e. The third kappa shape index (κ3) is 2.59. The largest absolute Gasteiger partial charge is 0.497 e. The Morgan fingerprint density at radius 3 is 2.48 bits per heavy atom. The second-order valence-corrected chi connectivity index (χ2v) is 7.90. The van der Waals surface area contributed by atoms with Crippen LogP contribution in [0.4, 0.5) is 0 Å². The van der Waals surface area contributed by atoms with Crippen molar-refractivity contribution in [3.8, 4) is 5.75 Å². The molecule has 0 aromatic heterocycles. The Kier molecular flexibility index (Phi) is 3.77. The van der Waals surface area contributed by atoms with Crippen molar-refractivity contribution in [2.24, 2.45) is 16.7 Å². The van der Waals surface area contributed by atoms with E-state index in [-0.39, 0.29) is 0 Å². The van der Waals surface area contributed by atoms with Gasteiger partial charge < -0.3 is 10.1 Å². The molecule has 2 aliphatic rings. The number of methoxy groups -OCH3 is 1. The highest BCUT2D eigenvalue weighted by Gasteiger charge is 2.58. The van der Waals surface area contributed by atoms with Gasteiger partial charge in [0.05, 0.1) is 7.11 Å². The van der Waals surface area contributed by atoms with Crippen LogP contribution in [0.2, 0.25) is 0 Å². The van der Waals surface area contributed by atoms with Crippen molar-refractivity contribution in [1.29, 1.82) is 0 Å². The lowest BCUT2D eigenvalue weighted by Gasteiger charge is -2.43. The molecular formula is C19H29NO. The van der Waals surface area contributed by atoms with Crippen LogP contribution in [0.25, 0.3) is 0 Å². The van der Waals surface area contributed by atoms with Crippen molar-refractivity contribution in [3.63, 3.8) is 0 Å². The number of ether oxygens (including phenoxy) is 1. The third-order valence-electron chi connectivity index (χ3n) is 6.19. The quantitative estimate of drug-likeness (QED) is 0.882. The van der Waals surface area contributed by atoms with E-state index < -0.39 is 0 Å². The molecular weight excluding hydrogens is 258 g/mol. The second-order valence-electron chi connectivity index (χ2n) is 7.90. The predicted molar refractivity (Wildman–Crippen MR) is 87.7 cm³/mol. The maximum atomic E-state index is 5.21. The highest BCUT2D eigenvalue weighted by molar-refractivity contribution is 5.27. The van der Waals surface area contributed by atoms with Gasteiger partial charge in [-0.1, -0.05) is 32.9 Å². The molecule has 1 unspecified atom stereocenters. The van der Waals surface area contributed by atoms with Crippen molar-refractivity contribution < 1.29 is 4.74 Å². The van der Waals surface area contributed by atoms with E-state index >= 15 is 0 Å². The molecule has 0 heterocycles. The Labute approximate surface area is 129 Å². The summed E-state index contributed by atoms with van der Waals surface area (Å²) in [5.41, 5.74) is 2.36. The summed E-state index contributed by atoms with van der Waals surface area (Å²) in [6.45, 7) is 8.50. The zero-order valence-electron chi connectivity index (χ0n) is 13.9. The normalized spacial score (nSPS) is 33.3. The molecule has 0 radical (unpaired) electrons. The molecule has 3 rings (SSSR count). The van der Waals surface area contributed by atoms with Crippen LogP contribution in [0.3, 0.4) is 0 Å². The van der Waals surface area contributed by atoms with Crippen LogP contribution < -0.4 is 10.1 Å². The lowest BCUT2D eigenvalue weighted by atomic mass is 9.68. The fourth-order valence-corrected chi connectivity index (χ4v) is 4.96. The first-order chi connectivity index (χ1) is 9.95. The Morgan fingerprint density at radius 1 is 1.19 bits per heavy atom. The molecule has 0 spiro atoms. The van der Waals surface area contributed by atoms with Gasteiger partial charge in [-0.3, -0.25) is 0 Å². The summed E-state index contributed by atoms with van der Waals surface area (Å²) >= 11 is 0. The van der Waals surface area contributed by atoms with E-state index in [1.54, 1.807) is 7.11 Å². The molecule has 1 aromatic carbocycles. The summed E-state index contributed by atoms with van der Waals surface area (Å²) in [4.78, 5) is 0. The van der Waals surface area contributed by atoms with Crippen molar-refractivity contribution in [2.45, 2.75) is 52.5 Å². The van der Waals surface area contributed by atoms with Gasteiger partial charge in [0.25, 0.3) is 0 Å². The zero-order valence-corrected chi connectivity index (χ0v) is 13.9. The van der Waals surface area contributed by atoms with Gasteiger partial charge in [0.15, 0.2) is 0 Å². The van der Waals surface area contributed by atoms with E-state index in [0.717, 1.165) is 24.6 Å². The van der Waals surface area contributed by atoms with E-state index in [4.69, 9.17) is 4.74 Å². The van der Waals surface area contributed by atoms with Crippen LogP contribution in [-0.4, -0.2) is 19.7 Å². The number of benzene rings is 1. The number of hydrogen-bond acceptors (Lipinski definition) is 2. The van der Waals surface area contributed by atoms with Gasteiger partial charge in [0.1, 0.15) is 5.75 Å². The number of nitrogens with one attached hydrogen (secondary N) is 1. The predicted octanol–water partition coefficient (Wildman–Crippen LogP) is 4.04. The third-order valence-corrected chi connectivity index (χ3v) is 6.19. The van der Waals surface area contributed by atoms with Crippen LogP contribution in [0.15, 0.2) is 24.3 Å². The van der Waals surface area contributed by atoms with Crippen LogP contribution in [0.1, 0.15) is 45.6 Å². The van der Waals surface area contributed by atoms with E-state index in [2.05, 4.69) is 50.4 Å². The monoisotopic (exact) mass is 287 g/mol. The summed E-state index contributed by atoms with van der Waals surface area (Å²) in [7, 11) is 1.72. The summed E-state index contributed by atoms with van der Waals surface area (Å²) in [5.74, 6) is 1.86. The minimum absolute atomic E-state index is 0.451.